The Morgan fingerprint density at radius 2 is 2.16 bits per heavy atom. The summed E-state index contributed by atoms with van der Waals surface area (Å²) in [6.07, 6.45) is 3.71. The number of hydrogen-bond acceptors (Lipinski definition) is 4. The van der Waals surface area contributed by atoms with Crippen LogP contribution in [0.1, 0.15) is 12.1 Å². The summed E-state index contributed by atoms with van der Waals surface area (Å²) < 4.78 is 5.57. The van der Waals surface area contributed by atoms with Crippen LogP contribution < -0.4 is 4.74 Å². The van der Waals surface area contributed by atoms with Gasteiger partial charge in [-0.1, -0.05) is 11.6 Å². The Kier molecular flexibility index (Phi) is 4.32. The molecule has 0 unspecified atom stereocenters. The normalized spacial score (nSPS) is 9.95. The first-order valence-electron chi connectivity index (χ1n) is 5.79. The Morgan fingerprint density at radius 1 is 1.32 bits per heavy atom. The van der Waals surface area contributed by atoms with Crippen molar-refractivity contribution < 1.29 is 4.74 Å². The lowest BCUT2D eigenvalue weighted by Crippen LogP contribution is -1.98. The van der Waals surface area contributed by atoms with Gasteiger partial charge in [0, 0.05) is 16.8 Å². The Hall–Kier alpha value is -2.12. The monoisotopic (exact) mass is 273 g/mol. The van der Waals surface area contributed by atoms with E-state index in [0.717, 1.165) is 11.3 Å². The van der Waals surface area contributed by atoms with Crippen molar-refractivity contribution in [2.45, 2.75) is 13.3 Å². The molecule has 0 fully saturated rings. The van der Waals surface area contributed by atoms with Gasteiger partial charge in [0.25, 0.3) is 0 Å². The van der Waals surface area contributed by atoms with Crippen LogP contribution in [-0.2, 0) is 0 Å². The van der Waals surface area contributed by atoms with Gasteiger partial charge in [-0.25, -0.2) is 0 Å². The Balaban J connectivity index is 2.33. The summed E-state index contributed by atoms with van der Waals surface area (Å²) in [5.41, 5.74) is 2.38. The largest absolute Gasteiger partial charge is 0.492 e. The molecule has 0 spiro atoms. The molecule has 0 saturated heterocycles. The Labute approximate surface area is 116 Å². The molecule has 1 aromatic heterocycles. The third kappa shape index (κ3) is 3.43. The SMILES string of the molecule is Cc1cnc(-c2ccc(Cl)cc2OCCC#N)cn1. The van der Waals surface area contributed by atoms with Crippen LogP contribution in [0.25, 0.3) is 11.3 Å². The Morgan fingerprint density at radius 3 is 2.84 bits per heavy atom. The lowest BCUT2D eigenvalue weighted by molar-refractivity contribution is 0.328. The second-order valence-corrected chi connectivity index (χ2v) is 4.38. The first-order valence-corrected chi connectivity index (χ1v) is 6.17. The predicted molar refractivity (Wildman–Crippen MR) is 72.9 cm³/mol. The van der Waals surface area contributed by atoms with Crippen molar-refractivity contribution >= 4 is 11.6 Å². The van der Waals surface area contributed by atoms with E-state index in [-0.39, 0.29) is 0 Å². The van der Waals surface area contributed by atoms with Crippen molar-refractivity contribution in [2.24, 2.45) is 0 Å². The minimum atomic E-state index is 0.323. The van der Waals surface area contributed by atoms with Crippen LogP contribution >= 0.6 is 11.6 Å². The smallest absolute Gasteiger partial charge is 0.130 e. The number of aromatic nitrogens is 2. The van der Waals surface area contributed by atoms with Gasteiger partial charge in [0.05, 0.1) is 30.1 Å². The zero-order valence-corrected chi connectivity index (χ0v) is 11.2. The number of halogens is 1. The van der Waals surface area contributed by atoms with Crippen molar-refractivity contribution in [3.63, 3.8) is 0 Å². The van der Waals surface area contributed by atoms with Crippen molar-refractivity contribution in [1.82, 2.24) is 9.97 Å². The second-order valence-electron chi connectivity index (χ2n) is 3.94. The quantitative estimate of drug-likeness (QED) is 0.801. The first-order chi connectivity index (χ1) is 9.20. The molecule has 0 aliphatic rings. The van der Waals surface area contributed by atoms with E-state index < -0.39 is 0 Å². The van der Waals surface area contributed by atoms with Gasteiger partial charge in [-0.15, -0.1) is 0 Å². The fraction of sp³-hybridized carbons (Fsp3) is 0.214. The molecule has 2 rings (SSSR count). The Bertz CT molecular complexity index is 605. The van der Waals surface area contributed by atoms with Crippen LogP contribution in [0.15, 0.2) is 30.6 Å². The van der Waals surface area contributed by atoms with Gasteiger partial charge < -0.3 is 4.74 Å². The lowest BCUT2D eigenvalue weighted by Gasteiger charge is -2.10. The van der Waals surface area contributed by atoms with Gasteiger partial charge >= 0.3 is 0 Å². The second kappa shape index (κ2) is 6.17. The van der Waals surface area contributed by atoms with E-state index in [1.807, 2.05) is 19.1 Å². The molecule has 2 aromatic rings. The highest BCUT2D eigenvalue weighted by atomic mass is 35.5. The first kappa shape index (κ1) is 13.3. The lowest BCUT2D eigenvalue weighted by atomic mass is 10.1. The zero-order valence-electron chi connectivity index (χ0n) is 10.4. The van der Waals surface area contributed by atoms with Gasteiger partial charge in [-0.05, 0) is 25.1 Å². The van der Waals surface area contributed by atoms with E-state index in [0.29, 0.717) is 29.5 Å². The van der Waals surface area contributed by atoms with Crippen molar-refractivity contribution in [1.29, 1.82) is 5.26 Å². The number of nitriles is 1. The number of ether oxygens (including phenoxy) is 1. The zero-order chi connectivity index (χ0) is 13.7. The molecule has 0 amide bonds. The fourth-order valence-electron chi connectivity index (χ4n) is 1.57. The van der Waals surface area contributed by atoms with Crippen LogP contribution in [0.5, 0.6) is 5.75 Å². The van der Waals surface area contributed by atoms with Crippen LogP contribution in [-0.4, -0.2) is 16.6 Å². The maximum Gasteiger partial charge on any atom is 0.130 e. The van der Waals surface area contributed by atoms with Crippen LogP contribution in [0, 0.1) is 18.3 Å². The number of aryl methyl sites for hydroxylation is 1. The third-order valence-corrected chi connectivity index (χ3v) is 2.71. The molecular weight excluding hydrogens is 262 g/mol. The molecule has 96 valence electrons. The third-order valence-electron chi connectivity index (χ3n) is 2.47. The van der Waals surface area contributed by atoms with Crippen molar-refractivity contribution in [2.75, 3.05) is 6.61 Å². The van der Waals surface area contributed by atoms with E-state index in [1.165, 1.54) is 0 Å². The average Bonchev–Trinajstić information content (AvgIpc) is 2.41. The molecule has 0 bridgehead atoms. The standard InChI is InChI=1S/C14H12ClN3O/c1-10-8-18-13(9-17-10)12-4-3-11(15)7-14(12)19-6-2-5-16/h3-4,7-9H,2,6H2,1H3. The maximum atomic E-state index is 8.54. The molecule has 0 aliphatic carbocycles. The summed E-state index contributed by atoms with van der Waals surface area (Å²) >= 11 is 5.96. The minimum Gasteiger partial charge on any atom is -0.492 e. The molecule has 0 atom stereocenters. The number of rotatable bonds is 4. The highest BCUT2D eigenvalue weighted by molar-refractivity contribution is 6.30. The van der Waals surface area contributed by atoms with Crippen LogP contribution in [0.3, 0.4) is 0 Å². The molecule has 1 aromatic carbocycles. The highest BCUT2D eigenvalue weighted by Gasteiger charge is 2.09. The summed E-state index contributed by atoms with van der Waals surface area (Å²) in [4.78, 5) is 8.53. The van der Waals surface area contributed by atoms with Crippen molar-refractivity contribution in [3.05, 3.63) is 41.3 Å². The maximum absolute atomic E-state index is 8.54. The molecule has 19 heavy (non-hydrogen) atoms. The number of benzene rings is 1. The number of nitrogens with zero attached hydrogens (tertiary/aromatic N) is 3. The van der Waals surface area contributed by atoms with E-state index in [2.05, 4.69) is 9.97 Å². The fourth-order valence-corrected chi connectivity index (χ4v) is 1.73. The molecular formula is C14H12ClN3O. The van der Waals surface area contributed by atoms with Gasteiger partial charge in [0.15, 0.2) is 0 Å². The van der Waals surface area contributed by atoms with E-state index in [9.17, 15) is 0 Å². The molecule has 0 saturated carbocycles. The topological polar surface area (TPSA) is 58.8 Å². The van der Waals surface area contributed by atoms with Gasteiger partial charge in [-0.3, -0.25) is 9.97 Å². The van der Waals surface area contributed by atoms with Gasteiger partial charge in [0.1, 0.15) is 12.4 Å². The van der Waals surface area contributed by atoms with E-state index in [1.54, 1.807) is 24.5 Å². The highest BCUT2D eigenvalue weighted by Crippen LogP contribution is 2.31. The summed E-state index contributed by atoms with van der Waals surface area (Å²) in [5, 5.41) is 9.12. The molecule has 0 radical (unpaired) electrons. The molecule has 0 aliphatic heterocycles. The summed E-state index contributed by atoms with van der Waals surface area (Å²) in [6.45, 7) is 2.20. The van der Waals surface area contributed by atoms with E-state index in [4.69, 9.17) is 21.6 Å². The van der Waals surface area contributed by atoms with Crippen molar-refractivity contribution in [3.8, 4) is 23.1 Å². The minimum absolute atomic E-state index is 0.323. The van der Waals surface area contributed by atoms with Crippen LogP contribution in [0.2, 0.25) is 5.02 Å². The molecule has 5 heteroatoms. The van der Waals surface area contributed by atoms with Gasteiger partial charge in [0.2, 0.25) is 0 Å². The van der Waals surface area contributed by atoms with Crippen LogP contribution in [0.4, 0.5) is 0 Å². The summed E-state index contributed by atoms with van der Waals surface area (Å²) in [6, 6.07) is 7.36. The average molecular weight is 274 g/mol. The number of hydrogen-bond donors (Lipinski definition) is 0. The molecule has 0 N–H and O–H groups in total. The predicted octanol–water partition coefficient (Wildman–Crippen LogP) is 3.40. The summed E-state index contributed by atoms with van der Waals surface area (Å²) in [7, 11) is 0. The summed E-state index contributed by atoms with van der Waals surface area (Å²) in [5.74, 6) is 0.612. The van der Waals surface area contributed by atoms with E-state index >= 15 is 0 Å². The van der Waals surface area contributed by atoms with Gasteiger partial charge in [-0.2, -0.15) is 5.26 Å². The molecule has 4 nitrogen and oxygen atoms in total. The molecule has 1 heterocycles.